The van der Waals surface area contributed by atoms with Gasteiger partial charge >= 0.3 is 0 Å². The van der Waals surface area contributed by atoms with Gasteiger partial charge in [0.25, 0.3) is 0 Å². The third kappa shape index (κ3) is 7.22. The van der Waals surface area contributed by atoms with E-state index in [9.17, 15) is 13.2 Å². The van der Waals surface area contributed by atoms with Crippen molar-refractivity contribution in [2.45, 2.75) is 6.42 Å². The van der Waals surface area contributed by atoms with E-state index in [1.54, 1.807) is 0 Å². The number of amides is 1. The highest BCUT2D eigenvalue weighted by atomic mass is 32.2. The summed E-state index contributed by atoms with van der Waals surface area (Å²) in [4.78, 5) is 11.3. The Morgan fingerprint density at radius 3 is 2.60 bits per heavy atom. The zero-order valence-corrected chi connectivity index (χ0v) is 12.3. The maximum absolute atomic E-state index is 11.7. The Balaban J connectivity index is 2.29. The van der Waals surface area contributed by atoms with E-state index in [0.29, 0.717) is 19.6 Å². The van der Waals surface area contributed by atoms with Crippen LogP contribution in [0.3, 0.4) is 0 Å². The molecule has 0 fully saturated rings. The number of hydrogen-bond acceptors (Lipinski definition) is 4. The molecule has 0 aliphatic carbocycles. The van der Waals surface area contributed by atoms with Crippen LogP contribution in [0, 0.1) is 0 Å². The van der Waals surface area contributed by atoms with Gasteiger partial charge in [-0.3, -0.25) is 4.79 Å². The van der Waals surface area contributed by atoms with E-state index in [-0.39, 0.29) is 18.2 Å². The maximum atomic E-state index is 11.7. The average Bonchev–Trinajstić information content (AvgIpc) is 2.45. The van der Waals surface area contributed by atoms with Crippen molar-refractivity contribution in [3.8, 4) is 0 Å². The lowest BCUT2D eigenvalue weighted by Gasteiger charge is -2.07. The maximum Gasteiger partial charge on any atom is 0.235 e. The van der Waals surface area contributed by atoms with Crippen LogP contribution in [-0.2, 0) is 26.0 Å². The fraction of sp³-hybridized carbons (Fsp3) is 0.462. The van der Waals surface area contributed by atoms with E-state index in [2.05, 4.69) is 10.0 Å². The lowest BCUT2D eigenvalue weighted by Crippen LogP contribution is -2.39. The monoisotopic (exact) mass is 300 g/mol. The molecule has 7 heteroatoms. The lowest BCUT2D eigenvalue weighted by molar-refractivity contribution is -0.120. The number of benzene rings is 1. The molecule has 0 aliphatic rings. The summed E-state index contributed by atoms with van der Waals surface area (Å²) in [5.41, 5.74) is 0.947. The van der Waals surface area contributed by atoms with Crippen molar-refractivity contribution >= 4 is 15.9 Å². The minimum absolute atomic E-state index is 0.0393. The summed E-state index contributed by atoms with van der Waals surface area (Å²) in [5.74, 6) is -0.409. The Bertz CT molecular complexity index is 502. The highest BCUT2D eigenvalue weighted by Crippen LogP contribution is 2.01. The zero-order valence-electron chi connectivity index (χ0n) is 11.5. The summed E-state index contributed by atoms with van der Waals surface area (Å²) in [6, 6.07) is 9.33. The van der Waals surface area contributed by atoms with Gasteiger partial charge in [0.15, 0.2) is 0 Å². The molecular formula is C13H20N2O4S. The SMILES string of the molecule is COCCNC(=O)CNS(=O)(=O)CCc1ccccc1. The molecule has 0 aliphatic heterocycles. The quantitative estimate of drug-likeness (QED) is 0.624. The van der Waals surface area contributed by atoms with E-state index in [0.717, 1.165) is 5.56 Å². The molecule has 1 amide bonds. The second-order valence-corrected chi connectivity index (χ2v) is 6.14. The first-order valence-electron chi connectivity index (χ1n) is 6.30. The van der Waals surface area contributed by atoms with Crippen LogP contribution in [0.15, 0.2) is 30.3 Å². The molecule has 1 rings (SSSR count). The van der Waals surface area contributed by atoms with Gasteiger partial charge in [-0.25, -0.2) is 13.1 Å². The number of nitrogens with one attached hydrogen (secondary N) is 2. The largest absolute Gasteiger partial charge is 0.383 e. The molecule has 6 nitrogen and oxygen atoms in total. The van der Waals surface area contributed by atoms with Gasteiger partial charge in [0.2, 0.25) is 15.9 Å². The topological polar surface area (TPSA) is 84.5 Å². The zero-order chi connectivity index (χ0) is 14.8. The molecule has 0 radical (unpaired) electrons. The number of methoxy groups -OCH3 is 1. The van der Waals surface area contributed by atoms with Gasteiger partial charge in [-0.1, -0.05) is 30.3 Å². The number of hydrogen-bond donors (Lipinski definition) is 2. The summed E-state index contributed by atoms with van der Waals surface area (Å²) < 4.78 is 30.5. The fourth-order valence-corrected chi connectivity index (χ4v) is 2.50. The molecule has 0 saturated carbocycles. The molecule has 1 aromatic carbocycles. The number of carbonyl (C=O) groups excluding carboxylic acids is 1. The summed E-state index contributed by atoms with van der Waals surface area (Å²) >= 11 is 0. The van der Waals surface area contributed by atoms with Crippen LogP contribution in [0.2, 0.25) is 0 Å². The number of rotatable bonds is 9. The van der Waals surface area contributed by atoms with Crippen molar-refractivity contribution in [3.05, 3.63) is 35.9 Å². The van der Waals surface area contributed by atoms with Crippen molar-refractivity contribution < 1.29 is 17.9 Å². The van der Waals surface area contributed by atoms with Crippen molar-refractivity contribution in [2.75, 3.05) is 32.6 Å². The molecule has 0 bridgehead atoms. The number of sulfonamides is 1. The van der Waals surface area contributed by atoms with Crippen LogP contribution < -0.4 is 10.0 Å². The normalized spacial score (nSPS) is 11.2. The molecule has 20 heavy (non-hydrogen) atoms. The Hall–Kier alpha value is -1.44. The van der Waals surface area contributed by atoms with Gasteiger partial charge in [-0.05, 0) is 12.0 Å². The molecule has 2 N–H and O–H groups in total. The van der Waals surface area contributed by atoms with Crippen LogP contribution in [-0.4, -0.2) is 46.9 Å². The second kappa shape index (κ2) is 8.68. The van der Waals surface area contributed by atoms with Gasteiger partial charge < -0.3 is 10.1 Å². The summed E-state index contributed by atoms with van der Waals surface area (Å²) in [6.45, 7) is 0.508. The Morgan fingerprint density at radius 2 is 1.95 bits per heavy atom. The Kier molecular flexibility index (Phi) is 7.21. The summed E-state index contributed by atoms with van der Waals surface area (Å²) in [7, 11) is -1.92. The van der Waals surface area contributed by atoms with Crippen LogP contribution in [0.5, 0.6) is 0 Å². The first-order valence-corrected chi connectivity index (χ1v) is 7.95. The lowest BCUT2D eigenvalue weighted by atomic mass is 10.2. The predicted molar refractivity (Wildman–Crippen MR) is 76.8 cm³/mol. The van der Waals surface area contributed by atoms with E-state index < -0.39 is 10.0 Å². The standard InChI is InChI=1S/C13H20N2O4S/c1-19-9-8-14-13(16)11-15-20(17,18)10-7-12-5-3-2-4-6-12/h2-6,15H,7-11H2,1H3,(H,14,16). The number of ether oxygens (including phenoxy) is 1. The highest BCUT2D eigenvalue weighted by molar-refractivity contribution is 7.89. The Morgan fingerprint density at radius 1 is 1.25 bits per heavy atom. The molecule has 0 saturated heterocycles. The van der Waals surface area contributed by atoms with E-state index >= 15 is 0 Å². The van der Waals surface area contributed by atoms with Crippen molar-refractivity contribution in [2.24, 2.45) is 0 Å². The number of aryl methyl sites for hydroxylation is 1. The van der Waals surface area contributed by atoms with Gasteiger partial charge in [0.05, 0.1) is 18.9 Å². The first kappa shape index (κ1) is 16.6. The third-order valence-electron chi connectivity index (χ3n) is 2.58. The fourth-order valence-electron chi connectivity index (χ4n) is 1.50. The Labute approximate surface area is 119 Å². The molecule has 1 aromatic rings. The van der Waals surface area contributed by atoms with Gasteiger partial charge in [0, 0.05) is 13.7 Å². The van der Waals surface area contributed by atoms with E-state index in [1.807, 2.05) is 30.3 Å². The molecule has 0 aromatic heterocycles. The molecular weight excluding hydrogens is 280 g/mol. The number of carbonyl (C=O) groups is 1. The van der Waals surface area contributed by atoms with Crippen LogP contribution in [0.1, 0.15) is 5.56 Å². The molecule has 0 heterocycles. The summed E-state index contributed by atoms with van der Waals surface area (Å²) in [6.07, 6.45) is 0.418. The minimum atomic E-state index is -3.45. The van der Waals surface area contributed by atoms with Gasteiger partial charge in [-0.15, -0.1) is 0 Å². The van der Waals surface area contributed by atoms with Crippen molar-refractivity contribution in [1.82, 2.24) is 10.0 Å². The first-order chi connectivity index (χ1) is 9.53. The van der Waals surface area contributed by atoms with Crippen molar-refractivity contribution in [3.63, 3.8) is 0 Å². The predicted octanol–water partition coefficient (Wildman–Crippen LogP) is -0.0889. The minimum Gasteiger partial charge on any atom is -0.383 e. The van der Waals surface area contributed by atoms with E-state index in [1.165, 1.54) is 7.11 Å². The molecule has 0 atom stereocenters. The molecule has 112 valence electrons. The van der Waals surface area contributed by atoms with Gasteiger partial charge in [0.1, 0.15) is 0 Å². The van der Waals surface area contributed by atoms with Crippen LogP contribution in [0.4, 0.5) is 0 Å². The third-order valence-corrected chi connectivity index (χ3v) is 3.91. The molecule has 0 unspecified atom stereocenters. The molecule has 0 spiro atoms. The smallest absolute Gasteiger partial charge is 0.235 e. The van der Waals surface area contributed by atoms with Crippen LogP contribution >= 0.6 is 0 Å². The summed E-state index contributed by atoms with van der Waals surface area (Å²) in [5, 5.41) is 2.54. The van der Waals surface area contributed by atoms with Gasteiger partial charge in [-0.2, -0.15) is 0 Å². The highest BCUT2D eigenvalue weighted by Gasteiger charge is 2.12. The van der Waals surface area contributed by atoms with E-state index in [4.69, 9.17) is 4.74 Å². The van der Waals surface area contributed by atoms with Crippen molar-refractivity contribution in [1.29, 1.82) is 0 Å². The second-order valence-electron chi connectivity index (χ2n) is 4.22. The van der Waals surface area contributed by atoms with Crippen LogP contribution in [0.25, 0.3) is 0 Å². The average molecular weight is 300 g/mol.